The topological polar surface area (TPSA) is 80.5 Å². The van der Waals surface area contributed by atoms with E-state index in [1.54, 1.807) is 11.3 Å². The second-order valence-corrected chi connectivity index (χ2v) is 6.02. The van der Waals surface area contributed by atoms with E-state index in [-0.39, 0.29) is 0 Å². The van der Waals surface area contributed by atoms with E-state index in [0.29, 0.717) is 16.8 Å². The molecule has 0 bridgehead atoms. The van der Waals surface area contributed by atoms with Crippen molar-refractivity contribution in [3.8, 4) is 0 Å². The summed E-state index contributed by atoms with van der Waals surface area (Å²) in [5, 5.41) is 13.6. The Morgan fingerprint density at radius 3 is 3.10 bits per heavy atom. The van der Waals surface area contributed by atoms with Crippen molar-refractivity contribution < 1.29 is 4.52 Å². The van der Waals surface area contributed by atoms with Crippen LogP contribution in [0.3, 0.4) is 0 Å². The Morgan fingerprint density at radius 2 is 2.33 bits per heavy atom. The normalized spacial score (nSPS) is 11.5. The van der Waals surface area contributed by atoms with E-state index in [9.17, 15) is 0 Å². The molecule has 3 rings (SSSR count). The maximum absolute atomic E-state index is 5.12. The zero-order chi connectivity index (χ0) is 14.5. The molecule has 0 radical (unpaired) electrons. The number of H-pyrrole nitrogens is 1. The molecule has 0 aliphatic carbocycles. The first-order chi connectivity index (χ1) is 10.3. The van der Waals surface area contributed by atoms with Crippen molar-refractivity contribution in [2.45, 2.75) is 24.3 Å². The van der Waals surface area contributed by atoms with Gasteiger partial charge in [0.05, 0.1) is 5.75 Å². The quantitative estimate of drug-likeness (QED) is 0.702. The number of nitrogens with one attached hydrogen (secondary N) is 1. The Bertz CT molecular complexity index is 717. The van der Waals surface area contributed by atoms with Crippen LogP contribution in [0, 0.1) is 0 Å². The summed E-state index contributed by atoms with van der Waals surface area (Å²) in [5.74, 6) is 2.61. The minimum Gasteiger partial charge on any atom is -0.338 e. The monoisotopic (exact) mass is 319 g/mol. The molecule has 6 nitrogen and oxygen atoms in total. The Morgan fingerprint density at radius 1 is 1.38 bits per heavy atom. The van der Waals surface area contributed by atoms with Gasteiger partial charge in [0.2, 0.25) is 11.0 Å². The fourth-order valence-corrected chi connectivity index (χ4v) is 2.82. The standard InChI is InChI=1S/C13H13N5OS2/c1-2-10-14-12(19-18-10)8-21-13-15-11(16-17-13)6-5-9-4-3-7-20-9/h3-7H,2,8H2,1H3,(H,15,16,17). The summed E-state index contributed by atoms with van der Waals surface area (Å²) in [6.45, 7) is 1.99. The van der Waals surface area contributed by atoms with Gasteiger partial charge in [0, 0.05) is 11.3 Å². The summed E-state index contributed by atoms with van der Waals surface area (Å²) >= 11 is 3.14. The van der Waals surface area contributed by atoms with Crippen LogP contribution in [0.25, 0.3) is 12.2 Å². The summed E-state index contributed by atoms with van der Waals surface area (Å²) < 4.78 is 5.12. The molecule has 21 heavy (non-hydrogen) atoms. The molecular weight excluding hydrogens is 306 g/mol. The number of thioether (sulfide) groups is 1. The molecule has 3 aromatic heterocycles. The van der Waals surface area contributed by atoms with Gasteiger partial charge < -0.3 is 4.52 Å². The van der Waals surface area contributed by atoms with Crippen LogP contribution in [0.5, 0.6) is 0 Å². The molecule has 1 N–H and O–H groups in total. The van der Waals surface area contributed by atoms with Gasteiger partial charge in [0.25, 0.3) is 0 Å². The Kier molecular flexibility index (Phi) is 4.46. The minimum absolute atomic E-state index is 0.568. The highest BCUT2D eigenvalue weighted by Crippen LogP contribution is 2.19. The molecule has 3 heterocycles. The van der Waals surface area contributed by atoms with Gasteiger partial charge in [-0.2, -0.15) is 4.98 Å². The second-order valence-electron chi connectivity index (χ2n) is 4.10. The van der Waals surface area contributed by atoms with Crippen LogP contribution in [0.2, 0.25) is 0 Å². The second kappa shape index (κ2) is 6.68. The van der Waals surface area contributed by atoms with Crippen LogP contribution in [0.4, 0.5) is 0 Å². The Hall–Kier alpha value is -1.93. The molecule has 0 spiro atoms. The van der Waals surface area contributed by atoms with Gasteiger partial charge in [-0.1, -0.05) is 29.9 Å². The van der Waals surface area contributed by atoms with E-state index < -0.39 is 0 Å². The molecule has 108 valence electrons. The molecule has 0 saturated heterocycles. The number of aromatic amines is 1. The SMILES string of the molecule is CCc1noc(CSc2n[nH]c(C=Cc3cccs3)n2)n1. The Balaban J connectivity index is 1.57. The van der Waals surface area contributed by atoms with Crippen LogP contribution in [0.1, 0.15) is 29.3 Å². The first-order valence-electron chi connectivity index (χ1n) is 6.41. The summed E-state index contributed by atoms with van der Waals surface area (Å²) in [5.41, 5.74) is 0. The largest absolute Gasteiger partial charge is 0.338 e. The lowest BCUT2D eigenvalue weighted by Gasteiger charge is -1.89. The highest BCUT2D eigenvalue weighted by Gasteiger charge is 2.08. The van der Waals surface area contributed by atoms with Crippen LogP contribution in [0.15, 0.2) is 27.2 Å². The van der Waals surface area contributed by atoms with Crippen LogP contribution in [-0.4, -0.2) is 25.3 Å². The number of aromatic nitrogens is 5. The highest BCUT2D eigenvalue weighted by molar-refractivity contribution is 7.98. The number of hydrogen-bond acceptors (Lipinski definition) is 7. The number of aryl methyl sites for hydroxylation is 1. The highest BCUT2D eigenvalue weighted by atomic mass is 32.2. The average molecular weight is 319 g/mol. The van der Waals surface area contributed by atoms with Crippen molar-refractivity contribution in [2.75, 3.05) is 0 Å². The third-order valence-corrected chi connectivity index (χ3v) is 4.25. The van der Waals surface area contributed by atoms with Crippen LogP contribution < -0.4 is 0 Å². The fourth-order valence-electron chi connectivity index (χ4n) is 1.56. The lowest BCUT2D eigenvalue weighted by atomic mass is 10.4. The van der Waals surface area contributed by atoms with Crippen molar-refractivity contribution >= 4 is 35.3 Å². The van der Waals surface area contributed by atoms with Crippen molar-refractivity contribution in [1.29, 1.82) is 0 Å². The molecule has 3 aromatic rings. The molecule has 0 aliphatic rings. The van der Waals surface area contributed by atoms with Gasteiger partial charge in [-0.15, -0.1) is 16.4 Å². The number of hydrogen-bond donors (Lipinski definition) is 1. The van der Waals surface area contributed by atoms with E-state index in [1.807, 2.05) is 36.6 Å². The maximum atomic E-state index is 5.12. The number of rotatable bonds is 6. The first-order valence-corrected chi connectivity index (χ1v) is 8.28. The molecule has 0 aliphatic heterocycles. The van der Waals surface area contributed by atoms with Crippen molar-refractivity contribution in [3.05, 3.63) is 39.9 Å². The van der Waals surface area contributed by atoms with Crippen molar-refractivity contribution in [3.63, 3.8) is 0 Å². The van der Waals surface area contributed by atoms with E-state index in [0.717, 1.165) is 18.1 Å². The van der Waals surface area contributed by atoms with Gasteiger partial charge in [-0.05, 0) is 23.6 Å². The fraction of sp³-hybridized carbons (Fsp3) is 0.231. The van der Waals surface area contributed by atoms with Gasteiger partial charge in [-0.3, -0.25) is 5.10 Å². The van der Waals surface area contributed by atoms with E-state index in [1.165, 1.54) is 16.6 Å². The predicted octanol–water partition coefficient (Wildman–Crippen LogP) is 3.27. The summed E-state index contributed by atoms with van der Waals surface area (Å²) in [6, 6.07) is 4.06. The first kappa shape index (κ1) is 14.0. The molecule has 0 fully saturated rings. The lowest BCUT2D eigenvalue weighted by Crippen LogP contribution is -1.84. The van der Waals surface area contributed by atoms with Gasteiger partial charge in [0.1, 0.15) is 5.82 Å². The lowest BCUT2D eigenvalue weighted by molar-refractivity contribution is 0.385. The Labute approximate surface area is 129 Å². The molecule has 0 aromatic carbocycles. The minimum atomic E-state index is 0.568. The zero-order valence-corrected chi connectivity index (χ0v) is 12.9. The van der Waals surface area contributed by atoms with Gasteiger partial charge >= 0.3 is 0 Å². The smallest absolute Gasteiger partial charge is 0.237 e. The third-order valence-electron chi connectivity index (χ3n) is 2.58. The summed E-state index contributed by atoms with van der Waals surface area (Å²) in [4.78, 5) is 9.80. The van der Waals surface area contributed by atoms with E-state index in [2.05, 4.69) is 25.3 Å². The molecule has 0 saturated carbocycles. The molecule has 0 atom stereocenters. The molecule has 8 heteroatoms. The summed E-state index contributed by atoms with van der Waals surface area (Å²) in [7, 11) is 0. The zero-order valence-electron chi connectivity index (χ0n) is 11.3. The molecular formula is C13H13N5OS2. The average Bonchev–Trinajstić information content (AvgIpc) is 3.24. The van der Waals surface area contributed by atoms with Crippen molar-refractivity contribution in [1.82, 2.24) is 25.3 Å². The van der Waals surface area contributed by atoms with E-state index in [4.69, 9.17) is 4.52 Å². The molecule has 0 unspecified atom stereocenters. The third kappa shape index (κ3) is 3.79. The van der Waals surface area contributed by atoms with E-state index >= 15 is 0 Å². The van der Waals surface area contributed by atoms with Gasteiger partial charge in [0.15, 0.2) is 5.82 Å². The van der Waals surface area contributed by atoms with Gasteiger partial charge in [-0.25, -0.2) is 4.98 Å². The molecule has 0 amide bonds. The van der Waals surface area contributed by atoms with Crippen molar-refractivity contribution in [2.24, 2.45) is 0 Å². The maximum Gasteiger partial charge on any atom is 0.237 e. The predicted molar refractivity (Wildman–Crippen MR) is 82.9 cm³/mol. The number of thiophene rings is 1. The number of nitrogens with zero attached hydrogens (tertiary/aromatic N) is 4. The van der Waals surface area contributed by atoms with Crippen LogP contribution >= 0.6 is 23.1 Å². The summed E-state index contributed by atoms with van der Waals surface area (Å²) in [6.07, 6.45) is 4.68. The van der Waals surface area contributed by atoms with Crippen LogP contribution in [-0.2, 0) is 12.2 Å².